The third-order valence-corrected chi connectivity index (χ3v) is 2.22. The summed E-state index contributed by atoms with van der Waals surface area (Å²) in [5.74, 6) is -0.644. The molecule has 1 amide bonds. The Balaban J connectivity index is 2.36. The van der Waals surface area contributed by atoms with Gasteiger partial charge in [-0.2, -0.15) is 5.26 Å². The number of alkyl halides is 1. The lowest BCUT2D eigenvalue weighted by molar-refractivity contribution is -0.130. The topological polar surface area (TPSA) is 52.9 Å². The van der Waals surface area contributed by atoms with Crippen LogP contribution in [0, 0.1) is 16.7 Å². The summed E-state index contributed by atoms with van der Waals surface area (Å²) in [6, 6.07) is 2.12. The Morgan fingerprint density at radius 3 is 2.54 bits per heavy atom. The quantitative estimate of drug-likeness (QED) is 0.715. The molecule has 0 radical (unpaired) electrons. The summed E-state index contributed by atoms with van der Waals surface area (Å²) >= 11 is 0. The fourth-order valence-electron chi connectivity index (χ4n) is 0.939. The van der Waals surface area contributed by atoms with Gasteiger partial charge < -0.3 is 5.32 Å². The number of hydrogen-bond donors (Lipinski definition) is 1. The van der Waals surface area contributed by atoms with Gasteiger partial charge in [0, 0.05) is 6.54 Å². The summed E-state index contributed by atoms with van der Waals surface area (Å²) in [5, 5.41) is 11.1. The zero-order valence-corrected chi connectivity index (χ0v) is 7.85. The lowest BCUT2D eigenvalue weighted by atomic mass is 10.1. The van der Waals surface area contributed by atoms with Crippen molar-refractivity contribution < 1.29 is 9.18 Å². The first-order chi connectivity index (χ1) is 5.90. The van der Waals surface area contributed by atoms with E-state index in [1.54, 1.807) is 0 Å². The van der Waals surface area contributed by atoms with E-state index in [-0.39, 0.29) is 6.54 Å². The fraction of sp³-hybridized carbons (Fsp3) is 0.778. The van der Waals surface area contributed by atoms with E-state index in [1.807, 2.05) is 0 Å². The molecule has 0 atom stereocenters. The van der Waals surface area contributed by atoms with Gasteiger partial charge in [-0.1, -0.05) is 0 Å². The molecule has 4 heteroatoms. The van der Waals surface area contributed by atoms with E-state index in [2.05, 4.69) is 11.4 Å². The minimum atomic E-state index is -1.86. The van der Waals surface area contributed by atoms with Gasteiger partial charge in [-0.15, -0.1) is 0 Å². The van der Waals surface area contributed by atoms with E-state index in [9.17, 15) is 9.18 Å². The first-order valence-corrected chi connectivity index (χ1v) is 4.28. The van der Waals surface area contributed by atoms with E-state index < -0.39 is 17.0 Å². The number of carbonyl (C=O) groups is 1. The van der Waals surface area contributed by atoms with Crippen molar-refractivity contribution in [3.8, 4) is 6.07 Å². The van der Waals surface area contributed by atoms with Gasteiger partial charge in [0.05, 0.1) is 11.5 Å². The highest BCUT2D eigenvalue weighted by molar-refractivity contribution is 5.84. The molecule has 0 aromatic heterocycles. The van der Waals surface area contributed by atoms with Gasteiger partial charge in [0.25, 0.3) is 5.91 Å². The molecule has 1 rings (SSSR count). The van der Waals surface area contributed by atoms with E-state index in [0.29, 0.717) is 0 Å². The molecule has 0 spiro atoms. The number of carbonyl (C=O) groups excluding carboxylic acids is 1. The zero-order chi connectivity index (χ0) is 10.1. The van der Waals surface area contributed by atoms with Crippen molar-refractivity contribution in [2.45, 2.75) is 32.4 Å². The molecule has 0 unspecified atom stereocenters. The summed E-state index contributed by atoms with van der Waals surface area (Å²) in [7, 11) is 0. The zero-order valence-electron chi connectivity index (χ0n) is 7.85. The molecule has 1 saturated carbocycles. The molecular formula is C9H13FN2O. The van der Waals surface area contributed by atoms with Crippen molar-refractivity contribution >= 4 is 5.91 Å². The highest BCUT2D eigenvalue weighted by atomic mass is 19.1. The van der Waals surface area contributed by atoms with Crippen LogP contribution in [0.25, 0.3) is 0 Å². The Morgan fingerprint density at radius 1 is 1.69 bits per heavy atom. The van der Waals surface area contributed by atoms with Crippen molar-refractivity contribution in [3.05, 3.63) is 0 Å². The average molecular weight is 184 g/mol. The van der Waals surface area contributed by atoms with Gasteiger partial charge in [-0.3, -0.25) is 4.79 Å². The molecular weight excluding hydrogens is 171 g/mol. The largest absolute Gasteiger partial charge is 0.352 e. The predicted octanol–water partition coefficient (Wildman–Crippen LogP) is 1.15. The third kappa shape index (κ3) is 2.41. The molecule has 72 valence electrons. The molecule has 0 heterocycles. The average Bonchev–Trinajstić information content (AvgIpc) is 2.79. The Labute approximate surface area is 76.9 Å². The second-order valence-corrected chi connectivity index (χ2v) is 4.05. The minimum absolute atomic E-state index is 0.273. The van der Waals surface area contributed by atoms with Crippen molar-refractivity contribution in [1.29, 1.82) is 5.26 Å². The van der Waals surface area contributed by atoms with E-state index in [4.69, 9.17) is 5.26 Å². The van der Waals surface area contributed by atoms with Crippen LogP contribution in [0.2, 0.25) is 0 Å². The highest BCUT2D eigenvalue weighted by Crippen LogP contribution is 2.44. The van der Waals surface area contributed by atoms with Crippen molar-refractivity contribution in [2.75, 3.05) is 6.54 Å². The van der Waals surface area contributed by atoms with Crippen molar-refractivity contribution in [1.82, 2.24) is 5.32 Å². The van der Waals surface area contributed by atoms with Crippen molar-refractivity contribution in [2.24, 2.45) is 5.41 Å². The van der Waals surface area contributed by atoms with Crippen LogP contribution in [-0.2, 0) is 4.79 Å². The molecule has 0 aromatic rings. The Kier molecular flexibility index (Phi) is 2.29. The molecule has 0 bridgehead atoms. The second kappa shape index (κ2) is 2.99. The molecule has 0 saturated heterocycles. The monoisotopic (exact) mass is 184 g/mol. The number of nitrogens with zero attached hydrogens (tertiary/aromatic N) is 1. The van der Waals surface area contributed by atoms with Crippen LogP contribution in [0.4, 0.5) is 4.39 Å². The first kappa shape index (κ1) is 9.97. The number of nitriles is 1. The first-order valence-electron chi connectivity index (χ1n) is 4.28. The van der Waals surface area contributed by atoms with Gasteiger partial charge in [0.2, 0.25) is 0 Å². The summed E-state index contributed by atoms with van der Waals surface area (Å²) < 4.78 is 13.0. The fourth-order valence-corrected chi connectivity index (χ4v) is 0.939. The summed E-state index contributed by atoms with van der Waals surface area (Å²) in [6.45, 7) is 2.68. The number of halogens is 1. The van der Waals surface area contributed by atoms with Gasteiger partial charge in [0.15, 0.2) is 5.67 Å². The van der Waals surface area contributed by atoms with Crippen molar-refractivity contribution in [3.63, 3.8) is 0 Å². The summed E-state index contributed by atoms with van der Waals surface area (Å²) in [5.41, 5.74) is -2.26. The van der Waals surface area contributed by atoms with Gasteiger partial charge in [0.1, 0.15) is 0 Å². The molecule has 13 heavy (non-hydrogen) atoms. The number of nitrogens with one attached hydrogen (secondary N) is 1. The maximum atomic E-state index is 13.0. The van der Waals surface area contributed by atoms with Crippen LogP contribution in [0.5, 0.6) is 0 Å². The van der Waals surface area contributed by atoms with Crippen LogP contribution in [-0.4, -0.2) is 18.1 Å². The highest BCUT2D eigenvalue weighted by Gasteiger charge is 2.44. The second-order valence-electron chi connectivity index (χ2n) is 4.05. The number of hydrogen-bond acceptors (Lipinski definition) is 2. The smallest absolute Gasteiger partial charge is 0.257 e. The van der Waals surface area contributed by atoms with Crippen LogP contribution in [0.15, 0.2) is 0 Å². The standard InChI is InChI=1S/C9H13FN2O/c1-8(2,10)7(13)12-6-9(5-11)3-4-9/h3-4,6H2,1-2H3,(H,12,13). The molecule has 1 aliphatic carbocycles. The van der Waals surface area contributed by atoms with Crippen LogP contribution >= 0.6 is 0 Å². The number of amides is 1. The molecule has 0 aromatic carbocycles. The maximum absolute atomic E-state index is 13.0. The molecule has 1 fully saturated rings. The number of rotatable bonds is 3. The molecule has 1 N–H and O–H groups in total. The molecule has 3 nitrogen and oxygen atoms in total. The van der Waals surface area contributed by atoms with Gasteiger partial charge in [-0.25, -0.2) is 4.39 Å². The van der Waals surface area contributed by atoms with Crippen LogP contribution in [0.1, 0.15) is 26.7 Å². The summed E-state index contributed by atoms with van der Waals surface area (Å²) in [6.07, 6.45) is 1.60. The van der Waals surface area contributed by atoms with Gasteiger partial charge in [-0.05, 0) is 26.7 Å². The Bertz CT molecular complexity index is 258. The van der Waals surface area contributed by atoms with E-state index in [1.165, 1.54) is 13.8 Å². The lowest BCUT2D eigenvalue weighted by Gasteiger charge is -2.15. The summed E-state index contributed by atoms with van der Waals surface area (Å²) in [4.78, 5) is 11.1. The minimum Gasteiger partial charge on any atom is -0.352 e. The van der Waals surface area contributed by atoms with Crippen LogP contribution < -0.4 is 5.32 Å². The normalized spacial score (nSPS) is 18.9. The van der Waals surface area contributed by atoms with E-state index >= 15 is 0 Å². The van der Waals surface area contributed by atoms with E-state index in [0.717, 1.165) is 12.8 Å². The van der Waals surface area contributed by atoms with Crippen LogP contribution in [0.3, 0.4) is 0 Å². The van der Waals surface area contributed by atoms with Gasteiger partial charge >= 0.3 is 0 Å². The Hall–Kier alpha value is -1.11. The maximum Gasteiger partial charge on any atom is 0.257 e. The Morgan fingerprint density at radius 2 is 2.23 bits per heavy atom. The molecule has 0 aliphatic heterocycles. The molecule has 1 aliphatic rings. The third-order valence-electron chi connectivity index (χ3n) is 2.22. The SMILES string of the molecule is CC(C)(F)C(=O)NCC1(C#N)CC1. The lowest BCUT2D eigenvalue weighted by Crippen LogP contribution is -2.41. The predicted molar refractivity (Wildman–Crippen MR) is 45.5 cm³/mol.